The first kappa shape index (κ1) is 18.9. The molecule has 2 aromatic carbocycles. The Kier molecular flexibility index (Phi) is 5.75. The standard InChI is InChI=1S/C19H18FN3O3S/c1-23-18(12-4-7-14(25-2)8-5-12)21-22-19(23)27-11-16(24)13-6-9-17(26-3)15(20)10-13/h4-10H,11H2,1-3H3. The van der Waals surface area contributed by atoms with Gasteiger partial charge < -0.3 is 14.0 Å². The third-order valence-corrected chi connectivity index (χ3v) is 5.01. The number of Topliss-reactive ketones (excluding diaryl/α,β-unsaturated/α-hetero) is 1. The van der Waals surface area contributed by atoms with Crippen molar-refractivity contribution in [3.05, 3.63) is 53.8 Å². The average molecular weight is 387 g/mol. The summed E-state index contributed by atoms with van der Waals surface area (Å²) in [5, 5.41) is 8.94. The molecule has 8 heteroatoms. The molecule has 0 bridgehead atoms. The highest BCUT2D eigenvalue weighted by Gasteiger charge is 2.15. The number of rotatable bonds is 7. The van der Waals surface area contributed by atoms with E-state index in [1.54, 1.807) is 13.2 Å². The molecule has 0 aliphatic rings. The van der Waals surface area contributed by atoms with Crippen LogP contribution in [0, 0.1) is 5.82 Å². The van der Waals surface area contributed by atoms with Crippen LogP contribution in [0.5, 0.6) is 11.5 Å². The molecule has 1 heterocycles. The molecule has 0 aliphatic carbocycles. The lowest BCUT2D eigenvalue weighted by molar-refractivity contribution is 0.102. The Morgan fingerprint density at radius 1 is 1.11 bits per heavy atom. The Morgan fingerprint density at radius 3 is 2.48 bits per heavy atom. The van der Waals surface area contributed by atoms with Gasteiger partial charge in [0, 0.05) is 18.2 Å². The minimum atomic E-state index is -0.561. The van der Waals surface area contributed by atoms with E-state index < -0.39 is 5.82 Å². The van der Waals surface area contributed by atoms with Crippen LogP contribution in [0.3, 0.4) is 0 Å². The van der Waals surface area contributed by atoms with Gasteiger partial charge in [-0.2, -0.15) is 0 Å². The lowest BCUT2D eigenvalue weighted by atomic mass is 10.1. The first-order valence-electron chi connectivity index (χ1n) is 8.07. The molecule has 1 aromatic heterocycles. The molecule has 3 rings (SSSR count). The van der Waals surface area contributed by atoms with Gasteiger partial charge in [0.25, 0.3) is 0 Å². The summed E-state index contributed by atoms with van der Waals surface area (Å²) in [6.45, 7) is 0. The fourth-order valence-corrected chi connectivity index (χ4v) is 3.29. The summed E-state index contributed by atoms with van der Waals surface area (Å²) in [6, 6.07) is 11.6. The van der Waals surface area contributed by atoms with E-state index >= 15 is 0 Å². The molecule has 0 spiro atoms. The number of thioether (sulfide) groups is 1. The minimum absolute atomic E-state index is 0.108. The smallest absolute Gasteiger partial charge is 0.191 e. The summed E-state index contributed by atoms with van der Waals surface area (Å²) in [7, 11) is 4.82. The monoisotopic (exact) mass is 387 g/mol. The van der Waals surface area contributed by atoms with Gasteiger partial charge in [-0.05, 0) is 42.5 Å². The fourth-order valence-electron chi connectivity index (χ4n) is 2.49. The van der Waals surface area contributed by atoms with E-state index in [2.05, 4.69) is 10.2 Å². The number of carbonyl (C=O) groups excluding carboxylic acids is 1. The van der Waals surface area contributed by atoms with Crippen molar-refractivity contribution in [1.82, 2.24) is 14.8 Å². The van der Waals surface area contributed by atoms with Crippen LogP contribution in [0.15, 0.2) is 47.6 Å². The van der Waals surface area contributed by atoms with Crippen LogP contribution in [-0.2, 0) is 7.05 Å². The van der Waals surface area contributed by atoms with Crippen molar-refractivity contribution in [3.63, 3.8) is 0 Å². The summed E-state index contributed by atoms with van der Waals surface area (Å²) >= 11 is 1.25. The van der Waals surface area contributed by atoms with Crippen LogP contribution < -0.4 is 9.47 Å². The Morgan fingerprint density at radius 2 is 1.85 bits per heavy atom. The van der Waals surface area contributed by atoms with Gasteiger partial charge in [-0.15, -0.1) is 10.2 Å². The number of ketones is 1. The van der Waals surface area contributed by atoms with Gasteiger partial charge in [0.2, 0.25) is 0 Å². The first-order chi connectivity index (χ1) is 13.0. The molecule has 0 saturated heterocycles. The summed E-state index contributed by atoms with van der Waals surface area (Å²) in [5.74, 6) is 0.914. The van der Waals surface area contributed by atoms with Gasteiger partial charge >= 0.3 is 0 Å². The Balaban J connectivity index is 1.70. The van der Waals surface area contributed by atoms with Crippen molar-refractivity contribution < 1.29 is 18.7 Å². The van der Waals surface area contributed by atoms with Crippen molar-refractivity contribution in [3.8, 4) is 22.9 Å². The zero-order valence-electron chi connectivity index (χ0n) is 15.1. The van der Waals surface area contributed by atoms with Gasteiger partial charge in [0.1, 0.15) is 5.75 Å². The summed E-state index contributed by atoms with van der Waals surface area (Å²) < 4.78 is 25.6. The molecule has 0 fully saturated rings. The Bertz CT molecular complexity index is 957. The molecule has 0 radical (unpaired) electrons. The van der Waals surface area contributed by atoms with Gasteiger partial charge in [-0.25, -0.2) is 4.39 Å². The average Bonchev–Trinajstić information content (AvgIpc) is 3.06. The molecule has 0 unspecified atom stereocenters. The second kappa shape index (κ2) is 8.22. The molecule has 3 aromatic rings. The number of nitrogens with zero attached hydrogens (tertiary/aromatic N) is 3. The van der Waals surface area contributed by atoms with Crippen molar-refractivity contribution >= 4 is 17.5 Å². The zero-order valence-corrected chi connectivity index (χ0v) is 15.9. The van der Waals surface area contributed by atoms with Crippen LogP contribution in [0.25, 0.3) is 11.4 Å². The van der Waals surface area contributed by atoms with E-state index in [0.717, 1.165) is 11.3 Å². The second-order valence-electron chi connectivity index (χ2n) is 5.65. The highest BCUT2D eigenvalue weighted by atomic mass is 32.2. The largest absolute Gasteiger partial charge is 0.497 e. The lowest BCUT2D eigenvalue weighted by Gasteiger charge is -2.06. The van der Waals surface area contributed by atoms with Crippen molar-refractivity contribution in [2.75, 3.05) is 20.0 Å². The fraction of sp³-hybridized carbons (Fsp3) is 0.211. The number of methoxy groups -OCH3 is 2. The summed E-state index contributed by atoms with van der Waals surface area (Å²) in [4.78, 5) is 12.3. The third-order valence-electron chi connectivity index (χ3n) is 3.99. The minimum Gasteiger partial charge on any atom is -0.497 e. The molecule has 0 saturated carbocycles. The van der Waals surface area contributed by atoms with Gasteiger partial charge in [-0.3, -0.25) is 4.79 Å². The van der Waals surface area contributed by atoms with Crippen molar-refractivity contribution in [2.24, 2.45) is 7.05 Å². The SMILES string of the molecule is COc1ccc(-c2nnc(SCC(=O)c3ccc(OC)c(F)c3)n2C)cc1. The van der Waals surface area contributed by atoms with Crippen LogP contribution >= 0.6 is 11.8 Å². The predicted molar refractivity (Wildman–Crippen MR) is 101 cm³/mol. The van der Waals surface area contributed by atoms with E-state index in [0.29, 0.717) is 16.5 Å². The van der Waals surface area contributed by atoms with Gasteiger partial charge in [-0.1, -0.05) is 11.8 Å². The predicted octanol–water partition coefficient (Wildman–Crippen LogP) is 3.61. The lowest BCUT2D eigenvalue weighted by Crippen LogP contribution is -2.05. The van der Waals surface area contributed by atoms with Gasteiger partial charge in [0.15, 0.2) is 28.3 Å². The normalized spacial score (nSPS) is 10.7. The van der Waals surface area contributed by atoms with Crippen molar-refractivity contribution in [2.45, 2.75) is 5.16 Å². The second-order valence-corrected chi connectivity index (χ2v) is 6.60. The maximum absolute atomic E-state index is 13.8. The van der Waals surface area contributed by atoms with E-state index in [1.165, 1.54) is 31.0 Å². The van der Waals surface area contributed by atoms with Crippen LogP contribution in [0.1, 0.15) is 10.4 Å². The van der Waals surface area contributed by atoms with E-state index in [9.17, 15) is 9.18 Å². The maximum atomic E-state index is 13.8. The molecule has 0 atom stereocenters. The molecule has 27 heavy (non-hydrogen) atoms. The summed E-state index contributed by atoms with van der Waals surface area (Å²) in [5.41, 5.74) is 1.18. The van der Waals surface area contributed by atoms with E-state index in [4.69, 9.17) is 9.47 Å². The van der Waals surface area contributed by atoms with Crippen LogP contribution in [-0.4, -0.2) is 40.5 Å². The molecule has 0 N–H and O–H groups in total. The van der Waals surface area contributed by atoms with E-state index in [1.807, 2.05) is 35.9 Å². The number of aromatic nitrogens is 3. The number of carbonyl (C=O) groups is 1. The summed E-state index contributed by atoms with van der Waals surface area (Å²) in [6.07, 6.45) is 0. The first-order valence-corrected chi connectivity index (χ1v) is 9.05. The highest BCUT2D eigenvalue weighted by molar-refractivity contribution is 7.99. The molecular formula is C19H18FN3O3S. The van der Waals surface area contributed by atoms with Crippen molar-refractivity contribution in [1.29, 1.82) is 0 Å². The van der Waals surface area contributed by atoms with Crippen LogP contribution in [0.4, 0.5) is 4.39 Å². The number of hydrogen-bond donors (Lipinski definition) is 0. The van der Waals surface area contributed by atoms with Gasteiger partial charge in [0.05, 0.1) is 20.0 Å². The third kappa shape index (κ3) is 4.11. The highest BCUT2D eigenvalue weighted by Crippen LogP contribution is 2.25. The Hall–Kier alpha value is -2.87. The Labute approximate surface area is 160 Å². The molecule has 0 amide bonds. The zero-order chi connectivity index (χ0) is 19.4. The number of benzene rings is 2. The molecule has 0 aliphatic heterocycles. The number of halogens is 1. The quantitative estimate of drug-likeness (QED) is 0.456. The molecular weight excluding hydrogens is 369 g/mol. The maximum Gasteiger partial charge on any atom is 0.191 e. The number of hydrogen-bond acceptors (Lipinski definition) is 6. The number of ether oxygens (including phenoxy) is 2. The molecule has 140 valence electrons. The van der Waals surface area contributed by atoms with Crippen LogP contribution in [0.2, 0.25) is 0 Å². The van der Waals surface area contributed by atoms with E-state index in [-0.39, 0.29) is 17.3 Å². The molecule has 6 nitrogen and oxygen atoms in total. The topological polar surface area (TPSA) is 66.2 Å².